The highest BCUT2D eigenvalue weighted by atomic mass is 32.2. The summed E-state index contributed by atoms with van der Waals surface area (Å²) in [5, 5.41) is 3.28. The van der Waals surface area contributed by atoms with Crippen LogP contribution >= 0.6 is 11.8 Å². The van der Waals surface area contributed by atoms with Gasteiger partial charge < -0.3 is 5.32 Å². The van der Waals surface area contributed by atoms with Gasteiger partial charge in [-0.3, -0.25) is 4.90 Å². The lowest BCUT2D eigenvalue weighted by atomic mass is 10.1. The van der Waals surface area contributed by atoms with Crippen molar-refractivity contribution in [3.63, 3.8) is 0 Å². The lowest BCUT2D eigenvalue weighted by molar-refractivity contribution is 0.240. The third-order valence-corrected chi connectivity index (χ3v) is 3.49. The third kappa shape index (κ3) is 2.25. The molecule has 70 valence electrons. The molecule has 1 aliphatic rings. The van der Waals surface area contributed by atoms with Gasteiger partial charge in [-0.1, -0.05) is 6.08 Å². The molecule has 0 aliphatic carbocycles. The number of nitrogens with zero attached hydrogens (tertiary/aromatic N) is 1. The van der Waals surface area contributed by atoms with Crippen LogP contribution in [0.1, 0.15) is 0 Å². The number of rotatable bonds is 3. The van der Waals surface area contributed by atoms with Gasteiger partial charge in [-0.15, -0.1) is 6.58 Å². The number of likely N-dealkylation sites (N-methyl/N-ethyl adjacent to an activating group) is 2. The Bertz CT molecular complexity index is 149. The summed E-state index contributed by atoms with van der Waals surface area (Å²) < 4.78 is 0. The molecule has 0 bridgehead atoms. The quantitative estimate of drug-likeness (QED) is 0.657. The van der Waals surface area contributed by atoms with E-state index in [1.54, 1.807) is 0 Å². The van der Waals surface area contributed by atoms with Gasteiger partial charge >= 0.3 is 0 Å². The second kappa shape index (κ2) is 4.90. The van der Waals surface area contributed by atoms with Crippen molar-refractivity contribution < 1.29 is 0 Å². The summed E-state index contributed by atoms with van der Waals surface area (Å²) in [6, 6.07) is 1.05. The highest BCUT2D eigenvalue weighted by Gasteiger charge is 2.24. The Morgan fingerprint density at radius 1 is 1.75 bits per heavy atom. The molecule has 0 aromatic rings. The molecular weight excluding hydrogens is 168 g/mol. The molecule has 2 nitrogen and oxygen atoms in total. The maximum Gasteiger partial charge on any atom is 0.0410 e. The minimum atomic E-state index is 0.433. The Kier molecular flexibility index (Phi) is 4.12. The molecule has 2 atom stereocenters. The van der Waals surface area contributed by atoms with Gasteiger partial charge in [0, 0.05) is 30.1 Å². The van der Waals surface area contributed by atoms with Gasteiger partial charge in [0.25, 0.3) is 0 Å². The van der Waals surface area contributed by atoms with E-state index < -0.39 is 0 Å². The Balaban J connectivity index is 2.51. The summed E-state index contributed by atoms with van der Waals surface area (Å²) in [5.74, 6) is 2.48. The van der Waals surface area contributed by atoms with Gasteiger partial charge in [-0.25, -0.2) is 0 Å². The fraction of sp³-hybridized carbons (Fsp3) is 0.778. The van der Waals surface area contributed by atoms with Crippen LogP contribution in [0, 0.1) is 0 Å². The molecule has 0 saturated carbocycles. The SMILES string of the molecule is C=CC(NC)C1CSCCN1C. The second-order valence-electron chi connectivity index (χ2n) is 3.17. The summed E-state index contributed by atoms with van der Waals surface area (Å²) in [5.41, 5.74) is 0. The standard InChI is InChI=1S/C9H18N2S/c1-4-8(10-2)9-7-12-6-5-11(9)3/h4,8-10H,1,5-7H2,2-3H3. The van der Waals surface area contributed by atoms with Gasteiger partial charge in [0.2, 0.25) is 0 Å². The average Bonchev–Trinajstić information content (AvgIpc) is 2.10. The van der Waals surface area contributed by atoms with Crippen LogP contribution in [0.25, 0.3) is 0 Å². The van der Waals surface area contributed by atoms with Crippen LogP contribution in [0.4, 0.5) is 0 Å². The van der Waals surface area contributed by atoms with E-state index in [1.165, 1.54) is 18.1 Å². The first-order valence-electron chi connectivity index (χ1n) is 4.37. The number of thioether (sulfide) groups is 1. The summed E-state index contributed by atoms with van der Waals surface area (Å²) in [6.45, 7) is 5.04. The van der Waals surface area contributed by atoms with Crippen LogP contribution in [-0.4, -0.2) is 49.1 Å². The van der Waals surface area contributed by atoms with Crippen molar-refractivity contribution in [2.24, 2.45) is 0 Å². The Labute approximate surface area is 79.4 Å². The van der Waals surface area contributed by atoms with E-state index in [4.69, 9.17) is 0 Å². The van der Waals surface area contributed by atoms with E-state index in [9.17, 15) is 0 Å². The van der Waals surface area contributed by atoms with Crippen molar-refractivity contribution in [1.82, 2.24) is 10.2 Å². The summed E-state index contributed by atoms with van der Waals surface area (Å²) >= 11 is 2.04. The number of hydrogen-bond acceptors (Lipinski definition) is 3. The van der Waals surface area contributed by atoms with E-state index >= 15 is 0 Å². The monoisotopic (exact) mass is 186 g/mol. The van der Waals surface area contributed by atoms with Gasteiger partial charge in [0.1, 0.15) is 0 Å². The Morgan fingerprint density at radius 2 is 2.50 bits per heavy atom. The lowest BCUT2D eigenvalue weighted by Gasteiger charge is -2.36. The van der Waals surface area contributed by atoms with Crippen molar-refractivity contribution in [1.29, 1.82) is 0 Å². The van der Waals surface area contributed by atoms with Crippen molar-refractivity contribution in [3.8, 4) is 0 Å². The highest BCUT2D eigenvalue weighted by molar-refractivity contribution is 7.99. The second-order valence-corrected chi connectivity index (χ2v) is 4.32. The van der Waals surface area contributed by atoms with Crippen molar-refractivity contribution >= 4 is 11.8 Å². The highest BCUT2D eigenvalue weighted by Crippen LogP contribution is 2.17. The molecule has 1 saturated heterocycles. The minimum absolute atomic E-state index is 0.433. The Hall–Kier alpha value is 0.01000. The van der Waals surface area contributed by atoms with Crippen LogP contribution in [-0.2, 0) is 0 Å². The van der Waals surface area contributed by atoms with E-state index in [0.717, 1.165) is 0 Å². The van der Waals surface area contributed by atoms with Crippen LogP contribution in [0.15, 0.2) is 12.7 Å². The molecular formula is C9H18N2S. The first kappa shape index (κ1) is 10.1. The van der Waals surface area contributed by atoms with Crippen molar-refractivity contribution in [2.45, 2.75) is 12.1 Å². The molecule has 0 spiro atoms. The fourth-order valence-corrected chi connectivity index (χ4v) is 2.84. The minimum Gasteiger partial charge on any atom is -0.312 e. The van der Waals surface area contributed by atoms with Crippen molar-refractivity contribution in [2.75, 3.05) is 32.1 Å². The summed E-state index contributed by atoms with van der Waals surface area (Å²) in [6.07, 6.45) is 2.01. The smallest absolute Gasteiger partial charge is 0.0410 e. The summed E-state index contributed by atoms with van der Waals surface area (Å²) in [4.78, 5) is 2.42. The molecule has 2 unspecified atom stereocenters. The van der Waals surface area contributed by atoms with E-state index in [1.807, 2.05) is 24.9 Å². The molecule has 12 heavy (non-hydrogen) atoms. The molecule has 1 N–H and O–H groups in total. The van der Waals surface area contributed by atoms with Crippen molar-refractivity contribution in [3.05, 3.63) is 12.7 Å². The fourth-order valence-electron chi connectivity index (χ4n) is 1.55. The van der Waals surface area contributed by atoms with E-state index in [0.29, 0.717) is 12.1 Å². The zero-order chi connectivity index (χ0) is 8.97. The molecule has 0 aromatic heterocycles. The molecule has 1 heterocycles. The first-order valence-corrected chi connectivity index (χ1v) is 5.53. The zero-order valence-electron chi connectivity index (χ0n) is 7.92. The molecule has 0 radical (unpaired) electrons. The average molecular weight is 186 g/mol. The first-order chi connectivity index (χ1) is 5.79. The predicted octanol–water partition coefficient (Wildman–Crippen LogP) is 0.808. The van der Waals surface area contributed by atoms with Crippen LogP contribution < -0.4 is 5.32 Å². The maximum absolute atomic E-state index is 3.84. The van der Waals surface area contributed by atoms with Gasteiger partial charge in [0.05, 0.1) is 0 Å². The topological polar surface area (TPSA) is 15.3 Å². The van der Waals surface area contributed by atoms with Gasteiger partial charge in [0.15, 0.2) is 0 Å². The Morgan fingerprint density at radius 3 is 3.00 bits per heavy atom. The zero-order valence-corrected chi connectivity index (χ0v) is 8.73. The molecule has 3 heteroatoms. The van der Waals surface area contributed by atoms with E-state index in [-0.39, 0.29) is 0 Å². The third-order valence-electron chi connectivity index (χ3n) is 2.44. The molecule has 0 amide bonds. The summed E-state index contributed by atoms with van der Waals surface area (Å²) in [7, 11) is 4.19. The molecule has 1 fully saturated rings. The van der Waals surface area contributed by atoms with Crippen LogP contribution in [0.5, 0.6) is 0 Å². The number of hydrogen-bond donors (Lipinski definition) is 1. The maximum atomic E-state index is 3.84. The van der Waals surface area contributed by atoms with E-state index in [2.05, 4.69) is 23.8 Å². The molecule has 1 aliphatic heterocycles. The largest absolute Gasteiger partial charge is 0.312 e. The molecule has 0 aromatic carbocycles. The predicted molar refractivity (Wildman–Crippen MR) is 56.8 cm³/mol. The molecule has 1 rings (SSSR count). The van der Waals surface area contributed by atoms with Gasteiger partial charge in [-0.2, -0.15) is 11.8 Å². The van der Waals surface area contributed by atoms with Crippen LogP contribution in [0.2, 0.25) is 0 Å². The normalized spacial score (nSPS) is 28.3. The number of nitrogens with one attached hydrogen (secondary N) is 1. The lowest BCUT2D eigenvalue weighted by Crippen LogP contribution is -2.50. The van der Waals surface area contributed by atoms with Gasteiger partial charge in [-0.05, 0) is 14.1 Å². The van der Waals surface area contributed by atoms with Crippen LogP contribution in [0.3, 0.4) is 0 Å².